The van der Waals surface area contributed by atoms with Gasteiger partial charge in [0.2, 0.25) is 0 Å². The molecule has 90 valence electrons. The van der Waals surface area contributed by atoms with Gasteiger partial charge in [0.15, 0.2) is 5.78 Å². The van der Waals surface area contributed by atoms with Gasteiger partial charge in [-0.3, -0.25) is 4.79 Å². The molecule has 0 bridgehead atoms. The monoisotopic (exact) mass is 256 g/mol. The molecule has 2 aromatic carbocycles. The maximum absolute atomic E-state index is 12.1. The van der Waals surface area contributed by atoms with E-state index in [2.05, 4.69) is 0 Å². The van der Waals surface area contributed by atoms with E-state index in [4.69, 9.17) is 12.6 Å². The molecule has 2 aromatic rings. The summed E-state index contributed by atoms with van der Waals surface area (Å²) in [6.45, 7) is 0. The van der Waals surface area contributed by atoms with Crippen molar-refractivity contribution in [3.63, 3.8) is 0 Å². The van der Waals surface area contributed by atoms with Crippen molar-refractivity contribution in [1.29, 1.82) is 0 Å². The third-order valence-corrected chi connectivity index (χ3v) is 2.53. The molecule has 0 aliphatic carbocycles. The number of benzene rings is 2. The first-order chi connectivity index (χ1) is 8.20. The molecule has 0 aliphatic rings. The van der Waals surface area contributed by atoms with E-state index in [1.807, 2.05) is 0 Å². The van der Waals surface area contributed by atoms with Crippen molar-refractivity contribution < 1.29 is 9.53 Å². The first-order valence-electron chi connectivity index (χ1n) is 5.25. The van der Waals surface area contributed by atoms with Crippen LogP contribution in [-0.4, -0.2) is 20.7 Å². The summed E-state index contributed by atoms with van der Waals surface area (Å²) in [4.78, 5) is 12.1. The Morgan fingerprint density at radius 2 is 1.39 bits per heavy atom. The van der Waals surface area contributed by atoms with Crippen LogP contribution in [-0.2, 0) is 0 Å². The molecule has 0 saturated heterocycles. The second-order valence-electron chi connectivity index (χ2n) is 3.68. The molecule has 0 atom stereocenters. The molecule has 18 heavy (non-hydrogen) atoms. The van der Waals surface area contributed by atoms with Crippen molar-refractivity contribution in [2.75, 3.05) is 7.11 Å². The molecule has 0 amide bonds. The number of carbonyl (C=O) groups is 1. The van der Waals surface area contributed by atoms with E-state index in [-0.39, 0.29) is 19.3 Å². The van der Waals surface area contributed by atoms with Gasteiger partial charge in [0.25, 0.3) is 0 Å². The quantitative estimate of drug-likeness (QED) is 0.618. The molecule has 0 spiro atoms. The van der Waals surface area contributed by atoms with Crippen LogP contribution in [0.4, 0.5) is 0 Å². The zero-order valence-corrected chi connectivity index (χ0v) is 11.0. The number of rotatable bonds is 3. The van der Waals surface area contributed by atoms with Gasteiger partial charge in [0, 0.05) is 11.1 Å². The molecule has 0 N–H and O–H groups in total. The smallest absolute Gasteiger partial charge is 0.193 e. The predicted octanol–water partition coefficient (Wildman–Crippen LogP) is 1.83. The van der Waals surface area contributed by atoms with Gasteiger partial charge in [-0.15, -0.1) is 0 Å². The largest absolute Gasteiger partial charge is 0.497 e. The lowest BCUT2D eigenvalue weighted by molar-refractivity contribution is 0.103. The van der Waals surface area contributed by atoms with Crippen LogP contribution in [0.1, 0.15) is 15.9 Å². The summed E-state index contributed by atoms with van der Waals surface area (Å²) in [5, 5.41) is 0. The van der Waals surface area contributed by atoms with Crippen LogP contribution >= 0.6 is 13.5 Å². The van der Waals surface area contributed by atoms with E-state index < -0.39 is 0 Å². The summed E-state index contributed by atoms with van der Waals surface area (Å²) in [7, 11) is 7.17. The minimum Gasteiger partial charge on any atom is -0.497 e. The third kappa shape index (κ3) is 3.17. The van der Waals surface area contributed by atoms with Gasteiger partial charge in [0.05, 0.1) is 7.11 Å². The van der Waals surface area contributed by atoms with Gasteiger partial charge in [-0.2, -0.15) is 13.5 Å². The maximum Gasteiger partial charge on any atom is 0.193 e. The molecule has 2 rings (SSSR count). The average Bonchev–Trinajstić information content (AvgIpc) is 2.39. The van der Waals surface area contributed by atoms with Crippen molar-refractivity contribution in [3.8, 4) is 5.75 Å². The maximum atomic E-state index is 12.1. The Hall–Kier alpha value is -1.68. The van der Waals surface area contributed by atoms with Crippen molar-refractivity contribution in [2.24, 2.45) is 0 Å². The Morgan fingerprint density at radius 1 is 0.944 bits per heavy atom. The van der Waals surface area contributed by atoms with E-state index in [0.717, 1.165) is 5.75 Å². The van der Waals surface area contributed by atoms with Gasteiger partial charge >= 0.3 is 0 Å². The van der Waals surface area contributed by atoms with Gasteiger partial charge in [-0.1, -0.05) is 29.7 Å². The highest BCUT2D eigenvalue weighted by molar-refractivity contribution is 7.59. The Morgan fingerprint density at radius 3 is 1.83 bits per heavy atom. The number of ketones is 1. The van der Waals surface area contributed by atoms with Gasteiger partial charge < -0.3 is 4.74 Å². The van der Waals surface area contributed by atoms with Gasteiger partial charge in [-0.05, 0) is 24.3 Å². The van der Waals surface area contributed by atoms with Crippen LogP contribution in [0, 0.1) is 0 Å². The van der Waals surface area contributed by atoms with Crippen LogP contribution in [0.25, 0.3) is 0 Å². The van der Waals surface area contributed by atoms with Gasteiger partial charge in [0.1, 0.15) is 13.6 Å². The van der Waals surface area contributed by atoms with Crippen molar-refractivity contribution >= 4 is 32.6 Å². The van der Waals surface area contributed by atoms with E-state index in [1.165, 1.54) is 0 Å². The SMILES string of the molecule is S.[B]c1ccc(C(=O)c2ccc(OC)cc2)cc1. The Labute approximate surface area is 115 Å². The fraction of sp³-hybridized carbons (Fsp3) is 0.0714. The highest BCUT2D eigenvalue weighted by Gasteiger charge is 2.08. The Balaban J connectivity index is 0.00000162. The van der Waals surface area contributed by atoms with Crippen molar-refractivity contribution in [3.05, 3.63) is 59.7 Å². The molecule has 2 radical (unpaired) electrons. The fourth-order valence-corrected chi connectivity index (χ4v) is 1.54. The zero-order chi connectivity index (χ0) is 12.3. The number of ether oxygens (including phenoxy) is 1. The second-order valence-corrected chi connectivity index (χ2v) is 3.68. The zero-order valence-electron chi connectivity index (χ0n) is 10.0. The third-order valence-electron chi connectivity index (χ3n) is 2.53. The summed E-state index contributed by atoms with van der Waals surface area (Å²) >= 11 is 0. The van der Waals surface area contributed by atoms with Crippen molar-refractivity contribution in [1.82, 2.24) is 0 Å². The number of hydrogen-bond acceptors (Lipinski definition) is 2. The molecule has 0 aliphatic heterocycles. The van der Waals surface area contributed by atoms with E-state index >= 15 is 0 Å². The minimum atomic E-state index is -0.0207. The first kappa shape index (κ1) is 14.4. The number of hydrogen-bond donors (Lipinski definition) is 0. The van der Waals surface area contributed by atoms with Crippen LogP contribution < -0.4 is 10.2 Å². The summed E-state index contributed by atoms with van der Waals surface area (Å²) in [5.41, 5.74) is 1.91. The molecule has 0 aromatic heterocycles. The predicted molar refractivity (Wildman–Crippen MR) is 78.6 cm³/mol. The topological polar surface area (TPSA) is 26.3 Å². The summed E-state index contributed by atoms with van der Waals surface area (Å²) in [5.74, 6) is 0.714. The summed E-state index contributed by atoms with van der Waals surface area (Å²) in [6.07, 6.45) is 0. The van der Waals surface area contributed by atoms with Crippen LogP contribution in [0.3, 0.4) is 0 Å². The van der Waals surface area contributed by atoms with Crippen LogP contribution in [0.2, 0.25) is 0 Å². The van der Waals surface area contributed by atoms with Crippen LogP contribution in [0.5, 0.6) is 5.75 Å². The molecule has 0 unspecified atom stereocenters. The lowest BCUT2D eigenvalue weighted by Crippen LogP contribution is -2.05. The van der Waals surface area contributed by atoms with E-state index in [0.29, 0.717) is 16.6 Å². The standard InChI is InChI=1S/C14H11BO2.H2S/c1-17-13-8-4-11(5-9-13)14(16)10-2-6-12(15)7-3-10;/h2-9H,1H3;1H2. The van der Waals surface area contributed by atoms with E-state index in [9.17, 15) is 4.79 Å². The summed E-state index contributed by atoms with van der Waals surface area (Å²) < 4.78 is 5.04. The Kier molecular flexibility index (Phi) is 5.04. The number of methoxy groups -OCH3 is 1. The molecular weight excluding hydrogens is 243 g/mol. The fourth-order valence-electron chi connectivity index (χ4n) is 1.54. The second kappa shape index (κ2) is 6.31. The normalized spacial score (nSPS) is 9.39. The molecule has 0 fully saturated rings. The lowest BCUT2D eigenvalue weighted by Gasteiger charge is -2.03. The van der Waals surface area contributed by atoms with Gasteiger partial charge in [-0.25, -0.2) is 0 Å². The van der Waals surface area contributed by atoms with Crippen molar-refractivity contribution in [2.45, 2.75) is 0 Å². The Bertz CT molecular complexity index is 520. The number of carbonyl (C=O) groups excluding carboxylic acids is 1. The average molecular weight is 256 g/mol. The molecule has 2 nitrogen and oxygen atoms in total. The molecule has 0 saturated carbocycles. The molecular formula is C14H13BO2S. The highest BCUT2D eigenvalue weighted by atomic mass is 32.1. The first-order valence-corrected chi connectivity index (χ1v) is 5.25. The highest BCUT2D eigenvalue weighted by Crippen LogP contribution is 2.14. The van der Waals surface area contributed by atoms with Crippen LogP contribution in [0.15, 0.2) is 48.5 Å². The minimum absolute atomic E-state index is 0. The lowest BCUT2D eigenvalue weighted by atomic mass is 9.93. The van der Waals surface area contributed by atoms with E-state index in [1.54, 1.807) is 55.6 Å². The molecule has 0 heterocycles. The summed E-state index contributed by atoms with van der Waals surface area (Å²) in [6, 6.07) is 13.9. The molecule has 4 heteroatoms.